The Morgan fingerprint density at radius 2 is 1.89 bits per heavy atom. The van der Waals surface area contributed by atoms with Crippen molar-refractivity contribution in [1.82, 2.24) is 0 Å². The quantitative estimate of drug-likeness (QED) is 0.432. The summed E-state index contributed by atoms with van der Waals surface area (Å²) < 4.78 is 15.3. The summed E-state index contributed by atoms with van der Waals surface area (Å²) in [5.41, 5.74) is 5.65. The van der Waals surface area contributed by atoms with Crippen molar-refractivity contribution in [1.29, 1.82) is 0 Å². The normalized spacial score (nSPS) is 12.7. The van der Waals surface area contributed by atoms with Crippen LogP contribution in [0.4, 0.5) is 0 Å². The first-order valence-corrected chi connectivity index (χ1v) is 7.02. The van der Waals surface area contributed by atoms with Crippen molar-refractivity contribution in [3.05, 3.63) is 0 Å². The van der Waals surface area contributed by atoms with Crippen LogP contribution in [0.5, 0.6) is 0 Å². The number of nitrogens with two attached hydrogens (primary N) is 1. The summed E-state index contributed by atoms with van der Waals surface area (Å²) in [7, 11) is 1.64. The van der Waals surface area contributed by atoms with Gasteiger partial charge in [0, 0.05) is 26.6 Å². The maximum Gasteiger partial charge on any atom is 0.306 e. The van der Waals surface area contributed by atoms with Gasteiger partial charge in [-0.05, 0) is 24.8 Å². The lowest BCUT2D eigenvalue weighted by Gasteiger charge is -2.16. The Bertz CT molecular complexity index is 221. The molecule has 19 heavy (non-hydrogen) atoms. The maximum absolute atomic E-state index is 11.6. The lowest BCUT2D eigenvalue weighted by Crippen LogP contribution is -2.21. The Kier molecular flexibility index (Phi) is 12.0. The van der Waals surface area contributed by atoms with E-state index in [0.29, 0.717) is 51.7 Å². The van der Waals surface area contributed by atoms with Gasteiger partial charge in [0.1, 0.15) is 0 Å². The van der Waals surface area contributed by atoms with Crippen LogP contribution in [-0.4, -0.2) is 46.1 Å². The van der Waals surface area contributed by atoms with Crippen LogP contribution >= 0.6 is 0 Å². The predicted octanol–water partition coefficient (Wildman–Crippen LogP) is 1.59. The van der Waals surface area contributed by atoms with Gasteiger partial charge in [-0.3, -0.25) is 4.79 Å². The average molecular weight is 275 g/mol. The molecule has 0 spiro atoms. The fraction of sp³-hybridized carbons (Fsp3) is 0.929. The van der Waals surface area contributed by atoms with E-state index in [1.165, 1.54) is 0 Å². The van der Waals surface area contributed by atoms with Gasteiger partial charge in [0.15, 0.2) is 0 Å². The van der Waals surface area contributed by atoms with Crippen LogP contribution in [0.3, 0.4) is 0 Å². The highest BCUT2D eigenvalue weighted by Gasteiger charge is 2.14. The second kappa shape index (κ2) is 12.4. The summed E-state index contributed by atoms with van der Waals surface area (Å²) >= 11 is 0. The van der Waals surface area contributed by atoms with Crippen molar-refractivity contribution < 1.29 is 19.0 Å². The minimum Gasteiger partial charge on any atom is -0.466 e. The van der Waals surface area contributed by atoms with Gasteiger partial charge >= 0.3 is 5.97 Å². The Labute approximate surface area is 116 Å². The van der Waals surface area contributed by atoms with Crippen molar-refractivity contribution in [2.45, 2.75) is 33.1 Å². The van der Waals surface area contributed by atoms with Crippen LogP contribution in [0.2, 0.25) is 0 Å². The molecule has 0 aromatic carbocycles. The molecule has 0 amide bonds. The largest absolute Gasteiger partial charge is 0.466 e. The zero-order valence-corrected chi connectivity index (χ0v) is 12.5. The Balaban J connectivity index is 3.52. The highest BCUT2D eigenvalue weighted by Crippen LogP contribution is 2.14. The van der Waals surface area contributed by atoms with Gasteiger partial charge in [0.05, 0.1) is 19.8 Å². The number of hydrogen-bond donors (Lipinski definition) is 1. The molecule has 0 unspecified atom stereocenters. The third kappa shape index (κ3) is 12.1. The molecule has 0 aliphatic carbocycles. The molecule has 0 heterocycles. The molecule has 0 saturated heterocycles. The van der Waals surface area contributed by atoms with Crippen LogP contribution in [0.15, 0.2) is 0 Å². The molecule has 0 bridgehead atoms. The van der Waals surface area contributed by atoms with Gasteiger partial charge in [-0.2, -0.15) is 0 Å². The molecule has 0 aromatic heterocycles. The second-order valence-corrected chi connectivity index (χ2v) is 5.11. The predicted molar refractivity (Wildman–Crippen MR) is 74.9 cm³/mol. The summed E-state index contributed by atoms with van der Waals surface area (Å²) in [5, 5.41) is 0. The number of carbonyl (C=O) groups excluding carboxylic acids is 1. The third-order valence-corrected chi connectivity index (χ3v) is 2.72. The summed E-state index contributed by atoms with van der Waals surface area (Å²) in [5.74, 6) is 0.619. The average Bonchev–Trinajstić information content (AvgIpc) is 2.36. The monoisotopic (exact) mass is 275 g/mol. The van der Waals surface area contributed by atoms with Crippen LogP contribution in [0, 0.1) is 11.8 Å². The zero-order valence-electron chi connectivity index (χ0n) is 12.5. The number of rotatable bonds is 12. The Morgan fingerprint density at radius 3 is 2.47 bits per heavy atom. The molecule has 0 rings (SSSR count). The number of ether oxygens (including phenoxy) is 3. The highest BCUT2D eigenvalue weighted by atomic mass is 16.5. The van der Waals surface area contributed by atoms with E-state index in [2.05, 4.69) is 13.8 Å². The van der Waals surface area contributed by atoms with Crippen LogP contribution in [0.1, 0.15) is 33.1 Å². The molecule has 1 atom stereocenters. The Morgan fingerprint density at radius 1 is 1.16 bits per heavy atom. The fourth-order valence-electron chi connectivity index (χ4n) is 1.82. The van der Waals surface area contributed by atoms with E-state index in [1.54, 1.807) is 7.11 Å². The number of esters is 1. The highest BCUT2D eigenvalue weighted by molar-refractivity contribution is 5.69. The first-order valence-electron chi connectivity index (χ1n) is 7.02. The van der Waals surface area contributed by atoms with Crippen molar-refractivity contribution in [3.63, 3.8) is 0 Å². The van der Waals surface area contributed by atoms with E-state index in [1.807, 2.05) is 0 Å². The van der Waals surface area contributed by atoms with Gasteiger partial charge in [0.25, 0.3) is 0 Å². The molecule has 0 radical (unpaired) electrons. The van der Waals surface area contributed by atoms with Crippen molar-refractivity contribution in [2.24, 2.45) is 17.6 Å². The molecular formula is C14H29NO4. The molecule has 2 N–H and O–H groups in total. The van der Waals surface area contributed by atoms with Crippen molar-refractivity contribution >= 4 is 5.97 Å². The van der Waals surface area contributed by atoms with Gasteiger partial charge in [-0.15, -0.1) is 0 Å². The lowest BCUT2D eigenvalue weighted by atomic mass is 9.94. The first kappa shape index (κ1) is 18.4. The smallest absolute Gasteiger partial charge is 0.306 e. The van der Waals surface area contributed by atoms with E-state index >= 15 is 0 Å². The standard InChI is InChI=1S/C14H29NO4/c1-12(2)9-13(11-15)10-14(16)19-6-4-5-18-8-7-17-3/h12-13H,4-11,15H2,1-3H3/t13-/m0/s1. The molecule has 5 nitrogen and oxygen atoms in total. The maximum atomic E-state index is 11.6. The third-order valence-electron chi connectivity index (χ3n) is 2.72. The summed E-state index contributed by atoms with van der Waals surface area (Å²) in [6.07, 6.45) is 2.10. The van der Waals surface area contributed by atoms with E-state index in [-0.39, 0.29) is 11.9 Å². The fourth-order valence-corrected chi connectivity index (χ4v) is 1.82. The molecule has 0 fully saturated rings. The molecule has 0 aliphatic heterocycles. The first-order chi connectivity index (χ1) is 9.10. The molecule has 0 saturated carbocycles. The zero-order chi connectivity index (χ0) is 14.5. The van der Waals surface area contributed by atoms with Crippen LogP contribution < -0.4 is 5.73 Å². The van der Waals surface area contributed by atoms with E-state index in [4.69, 9.17) is 19.9 Å². The molecule has 0 aromatic rings. The minimum atomic E-state index is -0.159. The molecule has 5 heteroatoms. The number of carbonyl (C=O) groups is 1. The van der Waals surface area contributed by atoms with Gasteiger partial charge in [-0.1, -0.05) is 13.8 Å². The Hall–Kier alpha value is -0.650. The van der Waals surface area contributed by atoms with Gasteiger partial charge in [0.2, 0.25) is 0 Å². The van der Waals surface area contributed by atoms with Gasteiger partial charge < -0.3 is 19.9 Å². The van der Waals surface area contributed by atoms with Crippen molar-refractivity contribution in [2.75, 3.05) is 40.1 Å². The van der Waals surface area contributed by atoms with Gasteiger partial charge in [-0.25, -0.2) is 0 Å². The topological polar surface area (TPSA) is 70.8 Å². The lowest BCUT2D eigenvalue weighted by molar-refractivity contribution is -0.145. The molecule has 114 valence electrons. The number of methoxy groups -OCH3 is 1. The van der Waals surface area contributed by atoms with E-state index in [9.17, 15) is 4.79 Å². The summed E-state index contributed by atoms with van der Waals surface area (Å²) in [4.78, 5) is 11.6. The minimum absolute atomic E-state index is 0.159. The van der Waals surface area contributed by atoms with E-state index < -0.39 is 0 Å². The van der Waals surface area contributed by atoms with Crippen LogP contribution in [-0.2, 0) is 19.0 Å². The molecular weight excluding hydrogens is 246 g/mol. The van der Waals surface area contributed by atoms with Crippen LogP contribution in [0.25, 0.3) is 0 Å². The SMILES string of the molecule is COCCOCCCOC(=O)C[C@@H](CN)CC(C)C. The molecule has 0 aliphatic rings. The van der Waals surface area contributed by atoms with E-state index in [0.717, 1.165) is 6.42 Å². The number of hydrogen-bond acceptors (Lipinski definition) is 5. The summed E-state index contributed by atoms with van der Waals surface area (Å²) in [6, 6.07) is 0. The van der Waals surface area contributed by atoms with Crippen molar-refractivity contribution in [3.8, 4) is 0 Å². The second-order valence-electron chi connectivity index (χ2n) is 5.11. The summed E-state index contributed by atoms with van der Waals surface area (Å²) in [6.45, 7) is 6.96.